The number of carbonyl (C=O) groups is 2. The molecule has 1 saturated heterocycles. The van der Waals surface area contributed by atoms with Crippen molar-refractivity contribution in [1.29, 1.82) is 0 Å². The van der Waals surface area contributed by atoms with Crippen molar-refractivity contribution in [3.63, 3.8) is 0 Å². The molecule has 0 radical (unpaired) electrons. The Balaban J connectivity index is 1.78. The molecule has 1 amide bonds. The van der Waals surface area contributed by atoms with Gasteiger partial charge in [0.25, 0.3) is 5.91 Å². The SMILES string of the molecule is COC(=O)C[C@H](C)N1CCN(C(=O)[C@H](C)OCc2cccc(OC)c2)CC1. The number of piperazine rings is 1. The van der Waals surface area contributed by atoms with E-state index in [2.05, 4.69) is 4.90 Å². The Kier molecular flexibility index (Phi) is 8.06. The number of methoxy groups -OCH3 is 2. The summed E-state index contributed by atoms with van der Waals surface area (Å²) < 4.78 is 15.7. The highest BCUT2D eigenvalue weighted by atomic mass is 16.5. The average Bonchev–Trinajstić information content (AvgIpc) is 2.71. The lowest BCUT2D eigenvalue weighted by molar-refractivity contribution is -0.147. The van der Waals surface area contributed by atoms with Gasteiger partial charge in [-0.3, -0.25) is 14.5 Å². The Morgan fingerprint density at radius 2 is 1.81 bits per heavy atom. The summed E-state index contributed by atoms with van der Waals surface area (Å²) in [6.07, 6.45) is -0.139. The maximum Gasteiger partial charge on any atom is 0.307 e. The van der Waals surface area contributed by atoms with Crippen molar-refractivity contribution in [3.05, 3.63) is 29.8 Å². The van der Waals surface area contributed by atoms with Crippen molar-refractivity contribution in [1.82, 2.24) is 9.80 Å². The molecule has 7 nitrogen and oxygen atoms in total. The monoisotopic (exact) mass is 378 g/mol. The average molecular weight is 378 g/mol. The molecule has 1 aromatic carbocycles. The fraction of sp³-hybridized carbons (Fsp3) is 0.600. The van der Waals surface area contributed by atoms with Crippen molar-refractivity contribution in [2.45, 2.75) is 39.0 Å². The van der Waals surface area contributed by atoms with E-state index in [1.54, 1.807) is 14.0 Å². The number of amides is 1. The second kappa shape index (κ2) is 10.3. The van der Waals surface area contributed by atoms with E-state index in [0.29, 0.717) is 26.1 Å². The molecule has 7 heteroatoms. The molecule has 1 fully saturated rings. The second-order valence-electron chi connectivity index (χ2n) is 6.80. The van der Waals surface area contributed by atoms with E-state index in [-0.39, 0.29) is 17.9 Å². The van der Waals surface area contributed by atoms with Crippen LogP contribution in [0.5, 0.6) is 5.75 Å². The molecular weight excluding hydrogens is 348 g/mol. The molecule has 0 aromatic heterocycles. The molecular formula is C20H30N2O5. The number of ether oxygens (including phenoxy) is 3. The maximum absolute atomic E-state index is 12.6. The van der Waals surface area contributed by atoms with Gasteiger partial charge in [0, 0.05) is 32.2 Å². The van der Waals surface area contributed by atoms with E-state index in [1.807, 2.05) is 36.1 Å². The molecule has 1 aromatic rings. The number of esters is 1. The van der Waals surface area contributed by atoms with Gasteiger partial charge in [0.15, 0.2) is 0 Å². The minimum Gasteiger partial charge on any atom is -0.497 e. The smallest absolute Gasteiger partial charge is 0.307 e. The van der Waals surface area contributed by atoms with E-state index in [4.69, 9.17) is 14.2 Å². The fourth-order valence-electron chi connectivity index (χ4n) is 3.15. The van der Waals surface area contributed by atoms with E-state index in [9.17, 15) is 9.59 Å². The van der Waals surface area contributed by atoms with Gasteiger partial charge in [0.2, 0.25) is 0 Å². The number of rotatable bonds is 8. The highest BCUT2D eigenvalue weighted by molar-refractivity contribution is 5.80. The Hall–Kier alpha value is -2.12. The summed E-state index contributed by atoms with van der Waals surface area (Å²) in [7, 11) is 3.02. The summed E-state index contributed by atoms with van der Waals surface area (Å²) in [6, 6.07) is 7.73. The maximum atomic E-state index is 12.6. The van der Waals surface area contributed by atoms with Crippen molar-refractivity contribution >= 4 is 11.9 Å². The highest BCUT2D eigenvalue weighted by Crippen LogP contribution is 2.15. The zero-order valence-electron chi connectivity index (χ0n) is 16.6. The van der Waals surface area contributed by atoms with Gasteiger partial charge in [0.1, 0.15) is 11.9 Å². The van der Waals surface area contributed by atoms with Crippen LogP contribution in [-0.4, -0.2) is 74.2 Å². The van der Waals surface area contributed by atoms with E-state index >= 15 is 0 Å². The first-order valence-corrected chi connectivity index (χ1v) is 9.28. The first-order chi connectivity index (χ1) is 12.9. The topological polar surface area (TPSA) is 68.3 Å². The molecule has 0 aliphatic carbocycles. The molecule has 0 unspecified atom stereocenters. The summed E-state index contributed by atoms with van der Waals surface area (Å²) in [5.74, 6) is 0.561. The third kappa shape index (κ3) is 6.22. The number of hydrogen-bond acceptors (Lipinski definition) is 6. The summed E-state index contributed by atoms with van der Waals surface area (Å²) in [5.41, 5.74) is 0.968. The number of benzene rings is 1. The molecule has 150 valence electrons. The van der Waals surface area contributed by atoms with Crippen molar-refractivity contribution in [3.8, 4) is 5.75 Å². The normalized spacial score (nSPS) is 17.3. The Morgan fingerprint density at radius 1 is 1.11 bits per heavy atom. The zero-order valence-corrected chi connectivity index (χ0v) is 16.6. The van der Waals surface area contributed by atoms with Gasteiger partial charge >= 0.3 is 5.97 Å². The van der Waals surface area contributed by atoms with Crippen molar-refractivity contribution < 1.29 is 23.8 Å². The summed E-state index contributed by atoms with van der Waals surface area (Å²) in [4.78, 5) is 28.1. The standard InChI is InChI=1S/C20H30N2O5/c1-15(12-19(23)26-4)21-8-10-22(11-9-21)20(24)16(2)27-14-17-6-5-7-18(13-17)25-3/h5-7,13,15-16H,8-12,14H2,1-4H3/t15-,16-/m0/s1. The predicted octanol–water partition coefficient (Wildman–Crippen LogP) is 1.70. The van der Waals surface area contributed by atoms with Crippen molar-refractivity contribution in [2.24, 2.45) is 0 Å². The zero-order chi connectivity index (χ0) is 19.8. The lowest BCUT2D eigenvalue weighted by Crippen LogP contribution is -2.53. The molecule has 1 heterocycles. The lowest BCUT2D eigenvalue weighted by atomic mass is 10.1. The van der Waals surface area contributed by atoms with Crippen LogP contribution < -0.4 is 4.74 Å². The fourth-order valence-corrected chi connectivity index (χ4v) is 3.15. The number of nitrogens with zero attached hydrogens (tertiary/aromatic N) is 2. The van der Waals surface area contributed by atoms with Gasteiger partial charge in [-0.25, -0.2) is 0 Å². The molecule has 27 heavy (non-hydrogen) atoms. The van der Waals surface area contributed by atoms with Gasteiger partial charge in [-0.2, -0.15) is 0 Å². The molecule has 1 aliphatic heterocycles. The van der Waals surface area contributed by atoms with Crippen LogP contribution in [0.1, 0.15) is 25.8 Å². The second-order valence-corrected chi connectivity index (χ2v) is 6.80. The van der Waals surface area contributed by atoms with Crippen LogP contribution in [0, 0.1) is 0 Å². The first kappa shape index (κ1) is 21.2. The molecule has 2 rings (SSSR count). The third-order valence-corrected chi connectivity index (χ3v) is 4.92. The van der Waals surface area contributed by atoms with E-state index in [1.165, 1.54) is 7.11 Å². The minimum atomic E-state index is -0.504. The Morgan fingerprint density at radius 3 is 2.44 bits per heavy atom. The molecule has 0 N–H and O–H groups in total. The van der Waals surface area contributed by atoms with Gasteiger partial charge < -0.3 is 19.1 Å². The molecule has 0 saturated carbocycles. The van der Waals surface area contributed by atoms with Crippen LogP contribution in [-0.2, 0) is 25.7 Å². The Bertz CT molecular complexity index is 629. The molecule has 0 spiro atoms. The molecule has 2 atom stereocenters. The highest BCUT2D eigenvalue weighted by Gasteiger charge is 2.28. The third-order valence-electron chi connectivity index (χ3n) is 4.92. The molecule has 1 aliphatic rings. The molecule has 0 bridgehead atoms. The summed E-state index contributed by atoms with van der Waals surface area (Å²) >= 11 is 0. The summed E-state index contributed by atoms with van der Waals surface area (Å²) in [5, 5.41) is 0. The summed E-state index contributed by atoms with van der Waals surface area (Å²) in [6.45, 7) is 6.91. The van der Waals surface area contributed by atoms with Crippen LogP contribution >= 0.6 is 0 Å². The quantitative estimate of drug-likeness (QED) is 0.642. The number of hydrogen-bond donors (Lipinski definition) is 0. The van der Waals surface area contributed by atoms with Crippen LogP contribution in [0.4, 0.5) is 0 Å². The van der Waals surface area contributed by atoms with Gasteiger partial charge in [-0.15, -0.1) is 0 Å². The first-order valence-electron chi connectivity index (χ1n) is 9.28. The minimum absolute atomic E-state index is 0.00170. The van der Waals surface area contributed by atoms with E-state index in [0.717, 1.165) is 24.4 Å². The van der Waals surface area contributed by atoms with Crippen LogP contribution in [0.2, 0.25) is 0 Å². The largest absolute Gasteiger partial charge is 0.497 e. The van der Waals surface area contributed by atoms with E-state index < -0.39 is 6.10 Å². The lowest BCUT2D eigenvalue weighted by Gasteiger charge is -2.38. The number of carbonyl (C=O) groups excluding carboxylic acids is 2. The van der Waals surface area contributed by atoms with Crippen LogP contribution in [0.15, 0.2) is 24.3 Å². The Labute approximate surface area is 161 Å². The van der Waals surface area contributed by atoms with Crippen molar-refractivity contribution in [2.75, 3.05) is 40.4 Å². The van der Waals surface area contributed by atoms with Gasteiger partial charge in [-0.05, 0) is 31.5 Å². The predicted molar refractivity (Wildman–Crippen MR) is 101 cm³/mol. The van der Waals surface area contributed by atoms with Crippen LogP contribution in [0.3, 0.4) is 0 Å². The van der Waals surface area contributed by atoms with Gasteiger partial charge in [-0.1, -0.05) is 12.1 Å². The van der Waals surface area contributed by atoms with Crippen LogP contribution in [0.25, 0.3) is 0 Å². The van der Waals surface area contributed by atoms with Gasteiger partial charge in [0.05, 0.1) is 27.2 Å².